The molecule has 100 valence electrons. The molecule has 0 aliphatic heterocycles. The van der Waals surface area contributed by atoms with Crippen molar-refractivity contribution in [2.24, 2.45) is 0 Å². The van der Waals surface area contributed by atoms with Gasteiger partial charge in [-0.15, -0.1) is 0 Å². The molecule has 1 aliphatic rings. The van der Waals surface area contributed by atoms with E-state index < -0.39 is 0 Å². The lowest BCUT2D eigenvalue weighted by atomic mass is 9.82. The Morgan fingerprint density at radius 1 is 0.667 bits per heavy atom. The zero-order valence-electron chi connectivity index (χ0n) is 10.9. The van der Waals surface area contributed by atoms with Gasteiger partial charge in [0.1, 0.15) is 0 Å². The largest absolute Gasteiger partial charge is 0.289 e. The van der Waals surface area contributed by atoms with Crippen LogP contribution in [-0.4, -0.2) is 11.6 Å². The summed E-state index contributed by atoms with van der Waals surface area (Å²) < 4.78 is 0. The maximum atomic E-state index is 12.8. The van der Waals surface area contributed by atoms with Gasteiger partial charge in [0, 0.05) is 32.7 Å². The summed E-state index contributed by atoms with van der Waals surface area (Å²) in [7, 11) is 0. The fourth-order valence-corrected chi connectivity index (χ4v) is 3.19. The number of benzene rings is 3. The Morgan fingerprint density at radius 3 is 1.95 bits per heavy atom. The summed E-state index contributed by atoms with van der Waals surface area (Å²) in [5.74, 6) is -0.263. The number of hydrogen-bond acceptors (Lipinski definition) is 2. The Labute approximate surface area is 126 Å². The number of rotatable bonds is 0. The number of fused-ring (bicyclic) bond motifs is 4. The van der Waals surface area contributed by atoms with Crippen LogP contribution in [0.4, 0.5) is 0 Å². The Morgan fingerprint density at radius 2 is 1.24 bits per heavy atom. The zero-order chi connectivity index (χ0) is 14.6. The molecule has 0 fully saturated rings. The highest BCUT2D eigenvalue weighted by Gasteiger charge is 2.31. The first-order valence-corrected chi connectivity index (χ1v) is 6.96. The standard InChI is InChI=1S/C18H9ClO2/c19-15-9-14-16(11-6-2-1-5-10(11)15)18(21)13-8-4-3-7-12(13)17(14)20/h1-9H. The van der Waals surface area contributed by atoms with E-state index in [2.05, 4.69) is 0 Å². The predicted octanol–water partition coefficient (Wildman–Crippen LogP) is 4.27. The summed E-state index contributed by atoms with van der Waals surface area (Å²) in [6.45, 7) is 0. The van der Waals surface area contributed by atoms with Gasteiger partial charge in [-0.05, 0) is 11.5 Å². The van der Waals surface area contributed by atoms with E-state index >= 15 is 0 Å². The zero-order valence-corrected chi connectivity index (χ0v) is 11.6. The van der Waals surface area contributed by atoms with E-state index in [1.165, 1.54) is 0 Å². The molecular weight excluding hydrogens is 284 g/mol. The molecule has 0 atom stereocenters. The van der Waals surface area contributed by atoms with Gasteiger partial charge in [0.25, 0.3) is 0 Å². The smallest absolute Gasteiger partial charge is 0.195 e. The van der Waals surface area contributed by atoms with Crippen molar-refractivity contribution in [3.63, 3.8) is 0 Å². The second-order valence-electron chi connectivity index (χ2n) is 5.03. The van der Waals surface area contributed by atoms with Crippen LogP contribution in [0.5, 0.6) is 0 Å². The van der Waals surface area contributed by atoms with Gasteiger partial charge in [-0.2, -0.15) is 0 Å². The Balaban J connectivity index is 2.17. The van der Waals surface area contributed by atoms with Gasteiger partial charge in [0.2, 0.25) is 0 Å². The number of halogens is 1. The third-order valence-corrected chi connectivity index (χ3v) is 4.19. The highest BCUT2D eigenvalue weighted by atomic mass is 35.5. The molecule has 3 heteroatoms. The maximum Gasteiger partial charge on any atom is 0.195 e. The van der Waals surface area contributed by atoms with Gasteiger partial charge >= 0.3 is 0 Å². The fraction of sp³-hybridized carbons (Fsp3) is 0. The van der Waals surface area contributed by atoms with Crippen molar-refractivity contribution in [1.29, 1.82) is 0 Å². The van der Waals surface area contributed by atoms with Crippen LogP contribution in [0, 0.1) is 0 Å². The van der Waals surface area contributed by atoms with E-state index in [9.17, 15) is 9.59 Å². The van der Waals surface area contributed by atoms with E-state index in [0.29, 0.717) is 27.3 Å². The van der Waals surface area contributed by atoms with Crippen molar-refractivity contribution >= 4 is 33.9 Å². The van der Waals surface area contributed by atoms with E-state index in [0.717, 1.165) is 10.8 Å². The number of carbonyl (C=O) groups is 2. The third kappa shape index (κ3) is 1.60. The van der Waals surface area contributed by atoms with Crippen molar-refractivity contribution < 1.29 is 9.59 Å². The minimum atomic E-state index is -0.146. The fourth-order valence-electron chi connectivity index (χ4n) is 2.91. The van der Waals surface area contributed by atoms with Crippen LogP contribution in [0.2, 0.25) is 5.02 Å². The molecule has 0 saturated carbocycles. The summed E-state index contributed by atoms with van der Waals surface area (Å²) in [6, 6.07) is 15.9. The SMILES string of the molecule is O=C1c2ccccc2C(=O)c2c1cc(Cl)c1ccccc21. The Hall–Kier alpha value is -2.45. The minimum absolute atomic E-state index is 0.118. The summed E-state index contributed by atoms with van der Waals surface area (Å²) in [6.07, 6.45) is 0. The molecule has 0 aromatic heterocycles. The van der Waals surface area contributed by atoms with E-state index in [4.69, 9.17) is 11.6 Å². The number of carbonyl (C=O) groups excluding carboxylic acids is 2. The first-order chi connectivity index (χ1) is 10.2. The lowest BCUT2D eigenvalue weighted by Gasteiger charge is -2.19. The summed E-state index contributed by atoms with van der Waals surface area (Å²) in [4.78, 5) is 25.4. The van der Waals surface area contributed by atoms with Gasteiger partial charge in [-0.3, -0.25) is 9.59 Å². The van der Waals surface area contributed by atoms with Crippen LogP contribution in [0.25, 0.3) is 10.8 Å². The lowest BCUT2D eigenvalue weighted by Crippen LogP contribution is -2.21. The van der Waals surface area contributed by atoms with Crippen LogP contribution >= 0.6 is 11.6 Å². The summed E-state index contributed by atoms with van der Waals surface area (Å²) in [5, 5.41) is 2.01. The number of hydrogen-bond donors (Lipinski definition) is 0. The van der Waals surface area contributed by atoms with Gasteiger partial charge in [-0.25, -0.2) is 0 Å². The molecular formula is C18H9ClO2. The molecule has 1 aliphatic carbocycles. The molecule has 0 unspecified atom stereocenters. The van der Waals surface area contributed by atoms with Crippen molar-refractivity contribution in [3.8, 4) is 0 Å². The van der Waals surface area contributed by atoms with Gasteiger partial charge < -0.3 is 0 Å². The quantitative estimate of drug-likeness (QED) is 0.485. The predicted molar refractivity (Wildman–Crippen MR) is 82.3 cm³/mol. The average Bonchev–Trinajstić information content (AvgIpc) is 2.53. The second kappa shape index (κ2) is 4.27. The molecule has 4 rings (SSSR count). The molecule has 0 heterocycles. The highest BCUT2D eigenvalue weighted by molar-refractivity contribution is 6.39. The molecule has 3 aromatic carbocycles. The van der Waals surface area contributed by atoms with Gasteiger partial charge in [0.15, 0.2) is 11.6 Å². The van der Waals surface area contributed by atoms with Crippen molar-refractivity contribution in [2.45, 2.75) is 0 Å². The van der Waals surface area contributed by atoms with Crippen LogP contribution in [0.15, 0.2) is 54.6 Å². The highest BCUT2D eigenvalue weighted by Crippen LogP contribution is 2.36. The summed E-state index contributed by atoms with van der Waals surface area (Å²) >= 11 is 6.27. The average molecular weight is 293 g/mol. The molecule has 0 N–H and O–H groups in total. The first kappa shape index (κ1) is 12.3. The van der Waals surface area contributed by atoms with Crippen molar-refractivity contribution in [1.82, 2.24) is 0 Å². The molecule has 0 amide bonds. The number of ketones is 2. The monoisotopic (exact) mass is 292 g/mol. The van der Waals surface area contributed by atoms with Crippen molar-refractivity contribution in [3.05, 3.63) is 81.9 Å². The van der Waals surface area contributed by atoms with Crippen LogP contribution < -0.4 is 0 Å². The van der Waals surface area contributed by atoms with Crippen LogP contribution in [0.3, 0.4) is 0 Å². The molecule has 0 spiro atoms. The minimum Gasteiger partial charge on any atom is -0.289 e. The normalized spacial score (nSPS) is 13.2. The molecule has 0 bridgehead atoms. The Bertz CT molecular complexity index is 941. The maximum absolute atomic E-state index is 12.8. The van der Waals surface area contributed by atoms with Crippen molar-refractivity contribution in [2.75, 3.05) is 0 Å². The Kier molecular flexibility index (Phi) is 2.50. The lowest BCUT2D eigenvalue weighted by molar-refractivity contribution is 0.0980. The third-order valence-electron chi connectivity index (χ3n) is 3.88. The topological polar surface area (TPSA) is 34.1 Å². The molecule has 2 nitrogen and oxygen atoms in total. The summed E-state index contributed by atoms with van der Waals surface area (Å²) in [5.41, 5.74) is 1.75. The van der Waals surface area contributed by atoms with E-state index in [1.807, 2.05) is 24.3 Å². The second-order valence-corrected chi connectivity index (χ2v) is 5.44. The van der Waals surface area contributed by atoms with E-state index in [-0.39, 0.29) is 11.6 Å². The van der Waals surface area contributed by atoms with E-state index in [1.54, 1.807) is 30.3 Å². The molecule has 0 radical (unpaired) electrons. The van der Waals surface area contributed by atoms with Gasteiger partial charge in [0.05, 0.1) is 0 Å². The molecule has 21 heavy (non-hydrogen) atoms. The molecule has 3 aromatic rings. The van der Waals surface area contributed by atoms with Gasteiger partial charge in [-0.1, -0.05) is 60.1 Å². The van der Waals surface area contributed by atoms with Crippen LogP contribution in [0.1, 0.15) is 31.8 Å². The first-order valence-electron chi connectivity index (χ1n) is 6.58. The van der Waals surface area contributed by atoms with Crippen LogP contribution in [-0.2, 0) is 0 Å². The molecule has 0 saturated heterocycles.